The average molecular weight is 223 g/mol. The second-order valence-electron chi connectivity index (χ2n) is 3.67. The number of benzene rings is 1. The highest BCUT2D eigenvalue weighted by Crippen LogP contribution is 2.02. The van der Waals surface area contributed by atoms with Crippen molar-refractivity contribution in [2.24, 2.45) is 0 Å². The molecule has 0 unspecified atom stereocenters. The van der Waals surface area contributed by atoms with Crippen LogP contribution in [0.15, 0.2) is 24.3 Å². The number of nitrogens with one attached hydrogen (secondary N) is 2. The first-order chi connectivity index (χ1) is 7.08. The topological polar surface area (TPSA) is 27.3 Å². The van der Waals surface area contributed by atoms with E-state index in [0.717, 1.165) is 6.54 Å². The summed E-state index contributed by atoms with van der Waals surface area (Å²) in [6.07, 6.45) is 0. The van der Waals surface area contributed by atoms with Gasteiger partial charge in [0.2, 0.25) is 0 Å². The molecule has 0 fully saturated rings. The smallest absolute Gasteiger partial charge is 0.181 e. The van der Waals surface area contributed by atoms with Crippen molar-refractivity contribution in [3.05, 3.63) is 35.4 Å². The van der Waals surface area contributed by atoms with Crippen LogP contribution in [-0.4, -0.2) is 24.2 Å². The summed E-state index contributed by atoms with van der Waals surface area (Å²) in [6.45, 7) is 2.83. The van der Waals surface area contributed by atoms with Gasteiger partial charge >= 0.3 is 0 Å². The number of hydrogen-bond donors (Lipinski definition) is 2. The zero-order valence-corrected chi connectivity index (χ0v) is 10.2. The number of thiocarbonyl (C=S) groups is 1. The maximum Gasteiger partial charge on any atom is 0.181 e. The van der Waals surface area contributed by atoms with Crippen molar-refractivity contribution in [3.8, 4) is 0 Å². The zero-order valence-electron chi connectivity index (χ0n) is 9.37. The molecule has 0 aliphatic rings. The molecule has 0 aromatic heterocycles. The minimum Gasteiger partial charge on any atom is -0.358 e. The van der Waals surface area contributed by atoms with Gasteiger partial charge in [-0.05, 0) is 24.7 Å². The van der Waals surface area contributed by atoms with Crippen LogP contribution in [0.1, 0.15) is 11.1 Å². The summed E-state index contributed by atoms with van der Waals surface area (Å²) in [5.74, 6) is 0. The molecule has 82 valence electrons. The van der Waals surface area contributed by atoms with Gasteiger partial charge in [-0.1, -0.05) is 29.8 Å². The zero-order chi connectivity index (χ0) is 11.3. The van der Waals surface area contributed by atoms with E-state index in [0.29, 0.717) is 5.11 Å². The van der Waals surface area contributed by atoms with Gasteiger partial charge in [0.15, 0.2) is 5.11 Å². The Morgan fingerprint density at radius 3 is 2.40 bits per heavy atom. The van der Waals surface area contributed by atoms with Gasteiger partial charge in [0, 0.05) is 20.6 Å². The van der Waals surface area contributed by atoms with Gasteiger partial charge in [0.1, 0.15) is 0 Å². The molecule has 2 N–H and O–H groups in total. The lowest BCUT2D eigenvalue weighted by molar-refractivity contribution is 0.359. The molecule has 0 bridgehead atoms. The van der Waals surface area contributed by atoms with E-state index in [1.807, 2.05) is 19.1 Å². The third kappa shape index (κ3) is 4.76. The molecule has 0 heterocycles. The molecular weight excluding hydrogens is 206 g/mol. The summed E-state index contributed by atoms with van der Waals surface area (Å²) in [4.78, 5) is 0. The van der Waals surface area contributed by atoms with Crippen LogP contribution in [0, 0.1) is 6.92 Å². The van der Waals surface area contributed by atoms with Crippen LogP contribution < -0.4 is 10.7 Å². The number of rotatable bonds is 3. The molecule has 1 aromatic carbocycles. The summed E-state index contributed by atoms with van der Waals surface area (Å²) < 4.78 is 0. The lowest BCUT2D eigenvalue weighted by atomic mass is 10.1. The van der Waals surface area contributed by atoms with Crippen LogP contribution in [0.25, 0.3) is 0 Å². The Morgan fingerprint density at radius 2 is 1.87 bits per heavy atom. The molecule has 4 heteroatoms. The van der Waals surface area contributed by atoms with Gasteiger partial charge in [0.05, 0.1) is 0 Å². The second-order valence-corrected chi connectivity index (χ2v) is 4.08. The first-order valence-electron chi connectivity index (χ1n) is 4.85. The van der Waals surface area contributed by atoms with Crippen molar-refractivity contribution in [1.82, 2.24) is 15.8 Å². The van der Waals surface area contributed by atoms with Crippen molar-refractivity contribution in [2.75, 3.05) is 14.1 Å². The maximum absolute atomic E-state index is 5.09. The van der Waals surface area contributed by atoms with Crippen LogP contribution in [-0.2, 0) is 6.54 Å². The quantitative estimate of drug-likeness (QED) is 0.599. The molecular formula is C11H17N3S. The van der Waals surface area contributed by atoms with Crippen LogP contribution in [0.3, 0.4) is 0 Å². The molecule has 0 radical (unpaired) electrons. The highest BCUT2D eigenvalue weighted by Gasteiger charge is 1.96. The lowest BCUT2D eigenvalue weighted by Gasteiger charge is -2.15. The molecule has 0 saturated heterocycles. The van der Waals surface area contributed by atoms with Gasteiger partial charge in [-0.3, -0.25) is 5.43 Å². The van der Waals surface area contributed by atoms with Crippen molar-refractivity contribution < 1.29 is 0 Å². The van der Waals surface area contributed by atoms with Crippen molar-refractivity contribution in [2.45, 2.75) is 13.5 Å². The highest BCUT2D eigenvalue weighted by molar-refractivity contribution is 7.80. The van der Waals surface area contributed by atoms with Crippen LogP contribution >= 0.6 is 12.2 Å². The fourth-order valence-electron chi connectivity index (χ4n) is 1.13. The molecule has 0 atom stereocenters. The van der Waals surface area contributed by atoms with Crippen molar-refractivity contribution in [1.29, 1.82) is 0 Å². The molecule has 15 heavy (non-hydrogen) atoms. The standard InChI is InChI=1S/C11H17N3S/c1-9-4-6-10(7-5-9)8-12-11(15)13-14(2)3/h4-7H,8H2,1-3H3,(H2,12,13,15). The van der Waals surface area contributed by atoms with Gasteiger partial charge in [-0.2, -0.15) is 0 Å². The Kier molecular flexibility index (Phi) is 4.52. The van der Waals surface area contributed by atoms with E-state index in [4.69, 9.17) is 12.2 Å². The SMILES string of the molecule is Cc1ccc(CNC(=S)NN(C)C)cc1. The number of hydrazine groups is 1. The molecule has 1 aromatic rings. The number of hydrogen-bond acceptors (Lipinski definition) is 2. The molecule has 0 aliphatic carbocycles. The summed E-state index contributed by atoms with van der Waals surface area (Å²) >= 11 is 5.09. The van der Waals surface area contributed by atoms with Crippen molar-refractivity contribution >= 4 is 17.3 Å². The van der Waals surface area contributed by atoms with Gasteiger partial charge < -0.3 is 5.32 Å². The Labute approximate surface area is 96.4 Å². The third-order valence-corrected chi connectivity index (χ3v) is 2.13. The number of nitrogens with zero attached hydrogens (tertiary/aromatic N) is 1. The van der Waals surface area contributed by atoms with E-state index in [1.54, 1.807) is 0 Å². The largest absolute Gasteiger partial charge is 0.358 e. The predicted molar refractivity (Wildman–Crippen MR) is 67.4 cm³/mol. The lowest BCUT2D eigenvalue weighted by Crippen LogP contribution is -2.42. The predicted octanol–water partition coefficient (Wildman–Crippen LogP) is 1.44. The minimum absolute atomic E-state index is 0.639. The summed E-state index contributed by atoms with van der Waals surface area (Å²) in [7, 11) is 3.81. The summed E-state index contributed by atoms with van der Waals surface area (Å²) in [5, 5.41) is 5.58. The van der Waals surface area contributed by atoms with E-state index in [9.17, 15) is 0 Å². The van der Waals surface area contributed by atoms with Gasteiger partial charge in [0.25, 0.3) is 0 Å². The average Bonchev–Trinajstić information content (AvgIpc) is 2.16. The Morgan fingerprint density at radius 1 is 1.27 bits per heavy atom. The Balaban J connectivity index is 2.37. The van der Waals surface area contributed by atoms with Crippen molar-refractivity contribution in [3.63, 3.8) is 0 Å². The first-order valence-corrected chi connectivity index (χ1v) is 5.26. The Bertz CT molecular complexity index is 319. The molecule has 1 rings (SSSR count). The first kappa shape index (κ1) is 11.9. The van der Waals surface area contributed by atoms with E-state index in [1.165, 1.54) is 11.1 Å². The van der Waals surface area contributed by atoms with Gasteiger partial charge in [-0.25, -0.2) is 5.01 Å². The molecule has 0 amide bonds. The molecule has 0 spiro atoms. The highest BCUT2D eigenvalue weighted by atomic mass is 32.1. The van der Waals surface area contributed by atoms with Crippen LogP contribution in [0.2, 0.25) is 0 Å². The van der Waals surface area contributed by atoms with E-state index in [-0.39, 0.29) is 0 Å². The normalized spacial score (nSPS) is 10.1. The van der Waals surface area contributed by atoms with E-state index >= 15 is 0 Å². The fourth-order valence-corrected chi connectivity index (χ4v) is 1.39. The number of aryl methyl sites for hydroxylation is 1. The second kappa shape index (κ2) is 5.68. The van der Waals surface area contributed by atoms with Crippen LogP contribution in [0.5, 0.6) is 0 Å². The van der Waals surface area contributed by atoms with E-state index in [2.05, 4.69) is 41.9 Å². The molecule has 0 aliphatic heterocycles. The summed E-state index contributed by atoms with van der Waals surface area (Å²) in [5.41, 5.74) is 5.47. The molecule has 3 nitrogen and oxygen atoms in total. The fraction of sp³-hybridized carbons (Fsp3) is 0.364. The monoisotopic (exact) mass is 223 g/mol. The maximum atomic E-state index is 5.09. The molecule has 0 saturated carbocycles. The van der Waals surface area contributed by atoms with E-state index < -0.39 is 0 Å². The minimum atomic E-state index is 0.639. The Hall–Kier alpha value is -1.13. The third-order valence-electron chi connectivity index (χ3n) is 1.90. The summed E-state index contributed by atoms with van der Waals surface area (Å²) in [6, 6.07) is 8.39. The van der Waals surface area contributed by atoms with Gasteiger partial charge in [-0.15, -0.1) is 0 Å². The van der Waals surface area contributed by atoms with Crippen LogP contribution in [0.4, 0.5) is 0 Å².